The summed E-state index contributed by atoms with van der Waals surface area (Å²) in [5, 5.41) is 21.7. The number of aromatic nitrogens is 2. The number of nitrogens with zero attached hydrogens (tertiary/aromatic N) is 3. The maximum absolute atomic E-state index is 11.3. The number of carbonyl (C=O) groups is 1. The molecule has 0 aromatic carbocycles. The van der Waals surface area contributed by atoms with E-state index >= 15 is 0 Å². The number of aliphatic hydroxyl groups excluding tert-OH is 1. The molecule has 0 aliphatic carbocycles. The van der Waals surface area contributed by atoms with Gasteiger partial charge in [0.2, 0.25) is 0 Å². The molecule has 122 valence electrons. The Balaban J connectivity index is 2.12. The molecule has 2 heterocycles. The van der Waals surface area contributed by atoms with Crippen LogP contribution in [0.5, 0.6) is 0 Å². The minimum absolute atomic E-state index is 0.0775. The number of rotatable bonds is 7. The van der Waals surface area contributed by atoms with Gasteiger partial charge in [-0.1, -0.05) is 13.8 Å². The molecule has 1 fully saturated rings. The van der Waals surface area contributed by atoms with Crippen LogP contribution >= 0.6 is 0 Å². The Labute approximate surface area is 130 Å². The van der Waals surface area contributed by atoms with Gasteiger partial charge in [-0.05, 0) is 25.2 Å². The summed E-state index contributed by atoms with van der Waals surface area (Å²) in [7, 11) is 0. The monoisotopic (exact) mass is 308 g/mol. The number of aliphatic carboxylic acids is 1. The normalized spacial score (nSPS) is 19.5. The Morgan fingerprint density at radius 2 is 2.27 bits per heavy atom. The largest absolute Gasteiger partial charge is 0.480 e. The fraction of sp³-hybridized carbons (Fsp3) is 0.667. The van der Waals surface area contributed by atoms with E-state index in [-0.39, 0.29) is 18.6 Å². The van der Waals surface area contributed by atoms with Crippen molar-refractivity contribution >= 4 is 17.6 Å². The molecule has 1 aromatic heterocycles. The Hall–Kier alpha value is -1.89. The number of anilines is 2. The number of carboxylic acids is 1. The van der Waals surface area contributed by atoms with Crippen LogP contribution in [0.4, 0.5) is 11.6 Å². The van der Waals surface area contributed by atoms with E-state index in [2.05, 4.69) is 15.3 Å². The molecule has 7 nitrogen and oxygen atoms in total. The maximum Gasteiger partial charge on any atom is 0.326 e. The van der Waals surface area contributed by atoms with Crippen LogP contribution in [0.2, 0.25) is 0 Å². The minimum Gasteiger partial charge on any atom is -0.480 e. The predicted molar refractivity (Wildman–Crippen MR) is 84.0 cm³/mol. The maximum atomic E-state index is 11.3. The van der Waals surface area contributed by atoms with Crippen LogP contribution in [0.25, 0.3) is 0 Å². The molecule has 1 aliphatic heterocycles. The van der Waals surface area contributed by atoms with E-state index < -0.39 is 12.0 Å². The Morgan fingerprint density at radius 3 is 2.91 bits per heavy atom. The van der Waals surface area contributed by atoms with E-state index in [1.54, 1.807) is 6.07 Å². The molecule has 1 saturated heterocycles. The molecule has 22 heavy (non-hydrogen) atoms. The van der Waals surface area contributed by atoms with Gasteiger partial charge < -0.3 is 20.4 Å². The number of aliphatic hydroxyl groups is 1. The smallest absolute Gasteiger partial charge is 0.326 e. The Bertz CT molecular complexity index is 509. The summed E-state index contributed by atoms with van der Waals surface area (Å²) in [6.45, 7) is 4.91. The summed E-state index contributed by atoms with van der Waals surface area (Å²) in [5.41, 5.74) is 0. The summed E-state index contributed by atoms with van der Waals surface area (Å²) in [4.78, 5) is 21.7. The topological polar surface area (TPSA) is 98.6 Å². The average molecular weight is 308 g/mol. The van der Waals surface area contributed by atoms with Crippen LogP contribution in [-0.4, -0.2) is 51.4 Å². The molecule has 0 radical (unpaired) electrons. The van der Waals surface area contributed by atoms with E-state index in [1.807, 2.05) is 18.7 Å². The fourth-order valence-electron chi connectivity index (χ4n) is 2.78. The SMILES string of the molecule is CC(C)C[C@@H](Nc1cc(N2CCCC2CO)ncn1)C(=O)O. The Kier molecular flexibility index (Phi) is 5.54. The fourth-order valence-corrected chi connectivity index (χ4v) is 2.78. The predicted octanol–water partition coefficient (Wildman–Crippen LogP) is 1.35. The number of hydrogen-bond acceptors (Lipinski definition) is 6. The summed E-state index contributed by atoms with van der Waals surface area (Å²) in [5.74, 6) is 0.611. The van der Waals surface area contributed by atoms with Crippen LogP contribution < -0.4 is 10.2 Å². The highest BCUT2D eigenvalue weighted by Crippen LogP contribution is 2.25. The van der Waals surface area contributed by atoms with E-state index in [0.717, 1.165) is 25.2 Å². The van der Waals surface area contributed by atoms with Crippen LogP contribution in [0, 0.1) is 5.92 Å². The lowest BCUT2D eigenvalue weighted by atomic mass is 10.0. The zero-order valence-electron chi connectivity index (χ0n) is 13.1. The quantitative estimate of drug-likeness (QED) is 0.699. The highest BCUT2D eigenvalue weighted by molar-refractivity contribution is 5.77. The molecule has 2 atom stereocenters. The molecule has 3 N–H and O–H groups in total. The summed E-state index contributed by atoms with van der Waals surface area (Å²) >= 11 is 0. The average Bonchev–Trinajstić information content (AvgIpc) is 2.94. The van der Waals surface area contributed by atoms with Gasteiger partial charge in [0.1, 0.15) is 24.0 Å². The number of carboxylic acid groups (broad SMARTS) is 1. The molecular formula is C15H24N4O3. The second-order valence-electron chi connectivity index (χ2n) is 6.10. The first kappa shape index (κ1) is 16.5. The summed E-state index contributed by atoms with van der Waals surface area (Å²) in [6.07, 6.45) is 3.91. The highest BCUT2D eigenvalue weighted by atomic mass is 16.4. The van der Waals surface area contributed by atoms with Crippen molar-refractivity contribution in [2.45, 2.75) is 45.2 Å². The van der Waals surface area contributed by atoms with Gasteiger partial charge in [0.05, 0.1) is 12.6 Å². The standard InChI is InChI=1S/C15H24N4O3/c1-10(2)6-12(15(21)22)18-13-7-14(17-9-16-13)19-5-3-4-11(19)8-20/h7,9-12,20H,3-6,8H2,1-2H3,(H,21,22)(H,16,17,18)/t11?,12-/m1/s1. The van der Waals surface area contributed by atoms with Crippen molar-refractivity contribution < 1.29 is 15.0 Å². The van der Waals surface area contributed by atoms with Gasteiger partial charge >= 0.3 is 5.97 Å². The number of hydrogen-bond donors (Lipinski definition) is 3. The molecule has 1 unspecified atom stereocenters. The lowest BCUT2D eigenvalue weighted by molar-refractivity contribution is -0.138. The second-order valence-corrected chi connectivity index (χ2v) is 6.10. The highest BCUT2D eigenvalue weighted by Gasteiger charge is 2.26. The molecule has 0 saturated carbocycles. The summed E-state index contributed by atoms with van der Waals surface area (Å²) < 4.78 is 0. The van der Waals surface area contributed by atoms with Crippen LogP contribution in [0.15, 0.2) is 12.4 Å². The van der Waals surface area contributed by atoms with Crippen molar-refractivity contribution in [1.29, 1.82) is 0 Å². The zero-order chi connectivity index (χ0) is 16.1. The third-order valence-electron chi connectivity index (χ3n) is 3.86. The van der Waals surface area contributed by atoms with Crippen molar-refractivity contribution in [2.24, 2.45) is 5.92 Å². The first-order valence-electron chi connectivity index (χ1n) is 7.70. The van der Waals surface area contributed by atoms with Gasteiger partial charge in [0, 0.05) is 12.6 Å². The van der Waals surface area contributed by atoms with Crippen LogP contribution in [0.3, 0.4) is 0 Å². The van der Waals surface area contributed by atoms with Gasteiger partial charge in [-0.2, -0.15) is 0 Å². The van der Waals surface area contributed by atoms with Gasteiger partial charge in [-0.25, -0.2) is 14.8 Å². The minimum atomic E-state index is -0.886. The zero-order valence-corrected chi connectivity index (χ0v) is 13.1. The third kappa shape index (κ3) is 4.07. The summed E-state index contributed by atoms with van der Waals surface area (Å²) in [6, 6.07) is 1.16. The first-order valence-corrected chi connectivity index (χ1v) is 7.70. The molecule has 1 aliphatic rings. The second kappa shape index (κ2) is 7.40. The molecular weight excluding hydrogens is 284 g/mol. The van der Waals surface area contributed by atoms with E-state index in [1.165, 1.54) is 6.33 Å². The molecule has 1 aromatic rings. The van der Waals surface area contributed by atoms with Crippen molar-refractivity contribution in [3.8, 4) is 0 Å². The van der Waals surface area contributed by atoms with E-state index in [4.69, 9.17) is 0 Å². The van der Waals surface area contributed by atoms with Crippen molar-refractivity contribution in [3.63, 3.8) is 0 Å². The molecule has 7 heteroatoms. The van der Waals surface area contributed by atoms with Gasteiger partial charge in [-0.15, -0.1) is 0 Å². The molecule has 2 rings (SSSR count). The van der Waals surface area contributed by atoms with Crippen molar-refractivity contribution in [2.75, 3.05) is 23.4 Å². The lowest BCUT2D eigenvalue weighted by Crippen LogP contribution is -2.33. The van der Waals surface area contributed by atoms with Crippen molar-refractivity contribution in [3.05, 3.63) is 12.4 Å². The molecule has 0 bridgehead atoms. The number of nitrogens with one attached hydrogen (secondary N) is 1. The van der Waals surface area contributed by atoms with Crippen molar-refractivity contribution in [1.82, 2.24) is 9.97 Å². The lowest BCUT2D eigenvalue weighted by Gasteiger charge is -2.24. The van der Waals surface area contributed by atoms with Gasteiger partial charge in [0.25, 0.3) is 0 Å². The molecule has 0 amide bonds. The molecule has 0 spiro atoms. The van der Waals surface area contributed by atoms with Gasteiger partial charge in [0.15, 0.2) is 0 Å². The van der Waals surface area contributed by atoms with Crippen LogP contribution in [-0.2, 0) is 4.79 Å². The third-order valence-corrected chi connectivity index (χ3v) is 3.86. The van der Waals surface area contributed by atoms with Crippen LogP contribution in [0.1, 0.15) is 33.1 Å². The first-order chi connectivity index (χ1) is 10.5. The van der Waals surface area contributed by atoms with E-state index in [9.17, 15) is 15.0 Å². The Morgan fingerprint density at radius 1 is 1.50 bits per heavy atom. The van der Waals surface area contributed by atoms with E-state index in [0.29, 0.717) is 12.2 Å². The van der Waals surface area contributed by atoms with Gasteiger partial charge in [-0.3, -0.25) is 0 Å².